The molecule has 0 radical (unpaired) electrons. The van der Waals surface area contributed by atoms with Gasteiger partial charge in [0.05, 0.1) is 0 Å². The zero-order valence-electron chi connectivity index (χ0n) is 8.37. The molecule has 1 aromatic carbocycles. The minimum atomic E-state index is -0.450. The van der Waals surface area contributed by atoms with Crippen molar-refractivity contribution in [2.45, 2.75) is 12.8 Å². The first-order chi connectivity index (χ1) is 7.65. The van der Waals surface area contributed by atoms with Gasteiger partial charge in [-0.3, -0.25) is 5.10 Å². The van der Waals surface area contributed by atoms with E-state index >= 15 is 0 Å². The quantitative estimate of drug-likeness (QED) is 0.829. The summed E-state index contributed by atoms with van der Waals surface area (Å²) in [6.45, 7) is 0. The Morgan fingerprint density at radius 1 is 1.25 bits per heavy atom. The van der Waals surface area contributed by atoms with E-state index in [0.717, 1.165) is 12.1 Å². The fourth-order valence-electron chi connectivity index (χ4n) is 1.41. The molecule has 0 atom stereocenters. The van der Waals surface area contributed by atoms with Gasteiger partial charge in [0, 0.05) is 6.42 Å². The number of aromatic amines is 1. The van der Waals surface area contributed by atoms with E-state index in [1.807, 2.05) is 0 Å². The lowest BCUT2D eigenvalue weighted by Gasteiger charge is -2.01. The highest BCUT2D eigenvalue weighted by Gasteiger charge is 2.06. The van der Waals surface area contributed by atoms with Crippen molar-refractivity contribution < 1.29 is 8.78 Å². The van der Waals surface area contributed by atoms with Crippen LogP contribution in [0, 0.1) is 11.6 Å². The third-order valence-corrected chi connectivity index (χ3v) is 2.19. The van der Waals surface area contributed by atoms with Gasteiger partial charge in [0.1, 0.15) is 17.5 Å². The molecule has 0 amide bonds. The summed E-state index contributed by atoms with van der Waals surface area (Å²) in [5, 5.41) is 6.25. The maximum atomic E-state index is 13.2. The molecular weight excluding hydrogens is 214 g/mol. The van der Waals surface area contributed by atoms with Crippen molar-refractivity contribution in [1.29, 1.82) is 0 Å². The first-order valence-electron chi connectivity index (χ1n) is 4.76. The van der Waals surface area contributed by atoms with Gasteiger partial charge >= 0.3 is 0 Å². The molecule has 1 heterocycles. The normalized spacial score (nSPS) is 10.6. The number of hydrogen-bond donors (Lipinski definition) is 2. The van der Waals surface area contributed by atoms with E-state index in [9.17, 15) is 8.78 Å². The van der Waals surface area contributed by atoms with Crippen molar-refractivity contribution in [2.24, 2.45) is 0 Å². The van der Waals surface area contributed by atoms with E-state index < -0.39 is 11.6 Å². The van der Waals surface area contributed by atoms with Crippen molar-refractivity contribution in [3.8, 4) is 0 Å². The first kappa shape index (κ1) is 10.5. The number of hydrogen-bond acceptors (Lipinski definition) is 3. The van der Waals surface area contributed by atoms with E-state index in [2.05, 4.69) is 15.2 Å². The minimum absolute atomic E-state index is 0.148. The second kappa shape index (κ2) is 4.26. The highest BCUT2D eigenvalue weighted by Crippen LogP contribution is 2.12. The van der Waals surface area contributed by atoms with Gasteiger partial charge in [-0.05, 0) is 30.2 Å². The Kier molecular flexibility index (Phi) is 2.80. The molecule has 0 saturated heterocycles. The van der Waals surface area contributed by atoms with Crippen LogP contribution in [0.5, 0.6) is 0 Å². The highest BCUT2D eigenvalue weighted by molar-refractivity contribution is 5.20. The Bertz CT molecular complexity index is 495. The third kappa shape index (κ3) is 2.33. The summed E-state index contributed by atoms with van der Waals surface area (Å²) in [6.07, 6.45) is 0.781. The third-order valence-electron chi connectivity index (χ3n) is 2.19. The lowest BCUT2D eigenvalue weighted by Crippen LogP contribution is -1.97. The number of nitrogens with two attached hydrogens (primary N) is 1. The molecule has 0 unspecified atom stereocenters. The summed E-state index contributed by atoms with van der Waals surface area (Å²) in [6, 6.07) is 3.37. The smallest absolute Gasteiger partial charge is 0.239 e. The van der Waals surface area contributed by atoms with Crippen LogP contribution in [0.1, 0.15) is 11.4 Å². The average molecular weight is 224 g/mol. The van der Waals surface area contributed by atoms with Crippen molar-refractivity contribution in [1.82, 2.24) is 15.2 Å². The molecule has 2 rings (SSSR count). The number of rotatable bonds is 3. The van der Waals surface area contributed by atoms with Gasteiger partial charge in [-0.1, -0.05) is 0 Å². The van der Waals surface area contributed by atoms with Crippen LogP contribution in [-0.2, 0) is 12.8 Å². The predicted octanol–water partition coefficient (Wildman–Crippen LogP) is 1.45. The second-order valence-electron chi connectivity index (χ2n) is 3.38. The molecule has 0 aliphatic heterocycles. The molecule has 0 bridgehead atoms. The predicted molar refractivity (Wildman–Crippen MR) is 54.6 cm³/mol. The van der Waals surface area contributed by atoms with Crippen LogP contribution < -0.4 is 5.73 Å². The van der Waals surface area contributed by atoms with Gasteiger partial charge in [0.2, 0.25) is 5.95 Å². The number of nitrogen functional groups attached to an aromatic ring is 1. The first-order valence-corrected chi connectivity index (χ1v) is 4.76. The molecule has 0 aliphatic rings. The molecule has 84 valence electrons. The molecule has 2 aromatic rings. The summed E-state index contributed by atoms with van der Waals surface area (Å²) in [7, 11) is 0. The number of H-pyrrole nitrogens is 1. The molecule has 0 saturated carbocycles. The number of nitrogens with one attached hydrogen (secondary N) is 1. The zero-order chi connectivity index (χ0) is 11.5. The van der Waals surface area contributed by atoms with Crippen molar-refractivity contribution in [3.63, 3.8) is 0 Å². The molecule has 3 N–H and O–H groups in total. The summed E-state index contributed by atoms with van der Waals surface area (Å²) in [4.78, 5) is 3.87. The topological polar surface area (TPSA) is 67.6 Å². The lowest BCUT2D eigenvalue weighted by atomic mass is 10.1. The monoisotopic (exact) mass is 224 g/mol. The van der Waals surface area contributed by atoms with Crippen LogP contribution in [0.25, 0.3) is 0 Å². The molecule has 0 aliphatic carbocycles. The Morgan fingerprint density at radius 2 is 2.06 bits per heavy atom. The van der Waals surface area contributed by atoms with Gasteiger partial charge in [0.25, 0.3) is 0 Å². The van der Waals surface area contributed by atoms with Crippen molar-refractivity contribution >= 4 is 5.95 Å². The Labute approximate surface area is 90.5 Å². The zero-order valence-corrected chi connectivity index (χ0v) is 8.37. The van der Waals surface area contributed by atoms with Gasteiger partial charge in [-0.25, -0.2) is 8.78 Å². The standard InChI is InChI=1S/C10H10F2N4/c11-7-2-3-8(12)6(5-7)1-4-9-14-10(13)16-15-9/h2-3,5H,1,4H2,(H3,13,14,15,16). The molecule has 16 heavy (non-hydrogen) atoms. The van der Waals surface area contributed by atoms with Gasteiger partial charge < -0.3 is 5.73 Å². The fraction of sp³-hybridized carbons (Fsp3) is 0.200. The van der Waals surface area contributed by atoms with Crippen LogP contribution in [0.3, 0.4) is 0 Å². The number of aryl methyl sites for hydroxylation is 2. The van der Waals surface area contributed by atoms with E-state index in [4.69, 9.17) is 5.73 Å². The fourth-order valence-corrected chi connectivity index (χ4v) is 1.41. The summed E-state index contributed by atoms with van der Waals surface area (Å²) >= 11 is 0. The van der Waals surface area contributed by atoms with Gasteiger partial charge in [0.15, 0.2) is 0 Å². The van der Waals surface area contributed by atoms with E-state index in [1.54, 1.807) is 0 Å². The summed E-state index contributed by atoms with van der Waals surface area (Å²) in [5.41, 5.74) is 5.63. The molecule has 0 fully saturated rings. The van der Waals surface area contributed by atoms with Crippen LogP contribution in [0.4, 0.5) is 14.7 Å². The van der Waals surface area contributed by atoms with Crippen molar-refractivity contribution in [2.75, 3.05) is 5.73 Å². The largest absolute Gasteiger partial charge is 0.367 e. The number of nitrogens with zero attached hydrogens (tertiary/aromatic N) is 2. The van der Waals surface area contributed by atoms with E-state index in [-0.39, 0.29) is 5.95 Å². The minimum Gasteiger partial charge on any atom is -0.367 e. The SMILES string of the molecule is Nc1n[nH]c(CCc2cc(F)ccc2F)n1. The Hall–Kier alpha value is -1.98. The average Bonchev–Trinajstić information content (AvgIpc) is 2.66. The van der Waals surface area contributed by atoms with E-state index in [0.29, 0.717) is 24.2 Å². The number of anilines is 1. The second-order valence-corrected chi connectivity index (χ2v) is 3.38. The molecule has 0 spiro atoms. The van der Waals surface area contributed by atoms with Gasteiger partial charge in [-0.15, -0.1) is 5.10 Å². The Balaban J connectivity index is 2.07. The van der Waals surface area contributed by atoms with Crippen molar-refractivity contribution in [3.05, 3.63) is 41.2 Å². The van der Waals surface area contributed by atoms with Crippen LogP contribution in [0.15, 0.2) is 18.2 Å². The van der Waals surface area contributed by atoms with Gasteiger partial charge in [-0.2, -0.15) is 4.98 Å². The van der Waals surface area contributed by atoms with Crippen LogP contribution in [-0.4, -0.2) is 15.2 Å². The maximum Gasteiger partial charge on any atom is 0.239 e. The number of aromatic nitrogens is 3. The number of benzene rings is 1. The number of halogens is 2. The summed E-state index contributed by atoms with van der Waals surface area (Å²) < 4.78 is 26.1. The lowest BCUT2D eigenvalue weighted by molar-refractivity contribution is 0.583. The highest BCUT2D eigenvalue weighted by atomic mass is 19.1. The molecule has 6 heteroatoms. The maximum absolute atomic E-state index is 13.2. The Morgan fingerprint density at radius 3 is 2.75 bits per heavy atom. The molecule has 4 nitrogen and oxygen atoms in total. The van der Waals surface area contributed by atoms with Crippen LogP contribution >= 0.6 is 0 Å². The van der Waals surface area contributed by atoms with E-state index in [1.165, 1.54) is 6.07 Å². The molecule has 1 aromatic heterocycles. The summed E-state index contributed by atoms with van der Waals surface area (Å²) in [5.74, 6) is -0.168. The van der Waals surface area contributed by atoms with Crippen LogP contribution in [0.2, 0.25) is 0 Å². The molecular formula is C10H10F2N4.